The molecule has 106 valence electrons. The highest BCUT2D eigenvalue weighted by atomic mass is 35.7. The van der Waals surface area contributed by atoms with Gasteiger partial charge < -0.3 is 4.74 Å². The number of hydrogen-bond acceptors (Lipinski definition) is 3. The van der Waals surface area contributed by atoms with Crippen molar-refractivity contribution in [3.8, 4) is 5.75 Å². The molecule has 2 aromatic carbocycles. The second kappa shape index (κ2) is 6.77. The average Bonchev–Trinajstić information content (AvgIpc) is 2.44. The van der Waals surface area contributed by atoms with Crippen molar-refractivity contribution in [3.63, 3.8) is 0 Å². The van der Waals surface area contributed by atoms with Gasteiger partial charge in [-0.25, -0.2) is 8.42 Å². The molecule has 5 heteroatoms. The first-order valence-corrected chi connectivity index (χ1v) is 8.58. The van der Waals surface area contributed by atoms with Gasteiger partial charge in [-0.05, 0) is 42.7 Å². The molecule has 3 nitrogen and oxygen atoms in total. The highest BCUT2D eigenvalue weighted by Crippen LogP contribution is 2.19. The maximum Gasteiger partial charge on any atom is 0.261 e. The van der Waals surface area contributed by atoms with Gasteiger partial charge in [0.15, 0.2) is 0 Å². The molecule has 2 aromatic rings. The zero-order valence-corrected chi connectivity index (χ0v) is 12.4. The van der Waals surface area contributed by atoms with Gasteiger partial charge in [0.2, 0.25) is 0 Å². The molecule has 0 saturated heterocycles. The Morgan fingerprint density at radius 1 is 0.950 bits per heavy atom. The van der Waals surface area contributed by atoms with Gasteiger partial charge in [0.1, 0.15) is 5.75 Å². The fourth-order valence-corrected chi connectivity index (χ4v) is 2.58. The zero-order chi connectivity index (χ0) is 14.4. The Morgan fingerprint density at radius 2 is 1.60 bits per heavy atom. The van der Waals surface area contributed by atoms with Crippen molar-refractivity contribution in [2.24, 2.45) is 0 Å². The van der Waals surface area contributed by atoms with E-state index >= 15 is 0 Å². The highest BCUT2D eigenvalue weighted by Gasteiger charge is 2.08. The van der Waals surface area contributed by atoms with Gasteiger partial charge in [-0.2, -0.15) is 0 Å². The Balaban J connectivity index is 1.80. The lowest BCUT2D eigenvalue weighted by Gasteiger charge is -2.06. The number of rotatable bonds is 6. The molecule has 0 aliphatic heterocycles. The van der Waals surface area contributed by atoms with Crippen molar-refractivity contribution >= 4 is 19.7 Å². The topological polar surface area (TPSA) is 43.4 Å². The first-order chi connectivity index (χ1) is 9.55. The second-order valence-corrected chi connectivity index (χ2v) is 6.91. The van der Waals surface area contributed by atoms with Crippen molar-refractivity contribution < 1.29 is 13.2 Å². The molecule has 20 heavy (non-hydrogen) atoms. The Morgan fingerprint density at radius 3 is 2.20 bits per heavy atom. The van der Waals surface area contributed by atoms with Crippen molar-refractivity contribution in [3.05, 3.63) is 60.2 Å². The lowest BCUT2D eigenvalue weighted by atomic mass is 10.1. The van der Waals surface area contributed by atoms with Gasteiger partial charge in [-0.15, -0.1) is 0 Å². The van der Waals surface area contributed by atoms with E-state index in [-0.39, 0.29) is 4.90 Å². The van der Waals surface area contributed by atoms with Crippen LogP contribution in [0, 0.1) is 0 Å². The van der Waals surface area contributed by atoms with Crippen LogP contribution in [0.15, 0.2) is 59.5 Å². The lowest BCUT2D eigenvalue weighted by molar-refractivity contribution is 0.311. The Bertz CT molecular complexity index is 637. The third-order valence-electron chi connectivity index (χ3n) is 2.83. The van der Waals surface area contributed by atoms with Crippen LogP contribution >= 0.6 is 10.7 Å². The van der Waals surface area contributed by atoms with Crippen LogP contribution in [-0.2, 0) is 15.5 Å². The van der Waals surface area contributed by atoms with E-state index in [2.05, 4.69) is 12.1 Å². The minimum absolute atomic E-state index is 0.0794. The van der Waals surface area contributed by atoms with E-state index in [1.165, 1.54) is 17.7 Å². The van der Waals surface area contributed by atoms with Crippen LogP contribution in [0.25, 0.3) is 0 Å². The standard InChI is InChI=1S/C15H15ClO3S/c16-20(17,18)15-10-8-14(9-11-15)19-12-4-7-13-5-2-1-3-6-13/h1-3,5-6,8-11H,4,7,12H2. The Kier molecular flexibility index (Phi) is 5.04. The lowest BCUT2D eigenvalue weighted by Crippen LogP contribution is -1.99. The molecule has 0 heterocycles. The monoisotopic (exact) mass is 310 g/mol. The minimum atomic E-state index is -3.66. The zero-order valence-electron chi connectivity index (χ0n) is 10.8. The highest BCUT2D eigenvalue weighted by molar-refractivity contribution is 8.13. The molecule has 0 aliphatic carbocycles. The molecule has 0 spiro atoms. The summed E-state index contributed by atoms with van der Waals surface area (Å²) >= 11 is 0. The molecule has 0 bridgehead atoms. The molecule has 0 radical (unpaired) electrons. The smallest absolute Gasteiger partial charge is 0.261 e. The van der Waals surface area contributed by atoms with Gasteiger partial charge in [-0.3, -0.25) is 0 Å². The minimum Gasteiger partial charge on any atom is -0.494 e. The van der Waals surface area contributed by atoms with E-state index in [9.17, 15) is 8.42 Å². The molecule has 2 rings (SSSR count). The molecule has 0 unspecified atom stereocenters. The third-order valence-corrected chi connectivity index (χ3v) is 4.20. The van der Waals surface area contributed by atoms with Crippen molar-refractivity contribution in [2.75, 3.05) is 6.61 Å². The van der Waals surface area contributed by atoms with Crippen LogP contribution in [0.3, 0.4) is 0 Å². The second-order valence-electron chi connectivity index (χ2n) is 4.35. The molecule has 0 atom stereocenters. The molecule has 0 fully saturated rings. The third kappa shape index (κ3) is 4.54. The Labute approximate surface area is 123 Å². The molecule has 0 aliphatic rings. The Hall–Kier alpha value is -1.52. The number of halogens is 1. The van der Waals surface area contributed by atoms with Crippen LogP contribution in [-0.4, -0.2) is 15.0 Å². The van der Waals surface area contributed by atoms with Crippen LogP contribution in [0.4, 0.5) is 0 Å². The average molecular weight is 311 g/mol. The van der Waals surface area contributed by atoms with Gasteiger partial charge >= 0.3 is 0 Å². The molecule has 0 amide bonds. The van der Waals surface area contributed by atoms with Crippen molar-refractivity contribution in [1.82, 2.24) is 0 Å². The first-order valence-electron chi connectivity index (χ1n) is 6.27. The SMILES string of the molecule is O=S(=O)(Cl)c1ccc(OCCCc2ccccc2)cc1. The predicted octanol–water partition coefficient (Wildman–Crippen LogP) is 3.63. The molecular formula is C15H15ClO3S. The van der Waals surface area contributed by atoms with E-state index < -0.39 is 9.05 Å². The number of hydrogen-bond donors (Lipinski definition) is 0. The molecule has 0 N–H and O–H groups in total. The van der Waals surface area contributed by atoms with Gasteiger partial charge in [0.25, 0.3) is 9.05 Å². The van der Waals surface area contributed by atoms with Gasteiger partial charge in [0.05, 0.1) is 11.5 Å². The number of ether oxygens (including phenoxy) is 1. The molecule has 0 saturated carbocycles. The van der Waals surface area contributed by atoms with Crippen LogP contribution in [0.5, 0.6) is 5.75 Å². The van der Waals surface area contributed by atoms with Crippen LogP contribution < -0.4 is 4.74 Å². The van der Waals surface area contributed by atoms with E-state index in [1.54, 1.807) is 12.1 Å². The summed E-state index contributed by atoms with van der Waals surface area (Å²) in [5.74, 6) is 0.641. The summed E-state index contributed by atoms with van der Waals surface area (Å²) in [6.45, 7) is 0.585. The summed E-state index contributed by atoms with van der Waals surface area (Å²) in [4.78, 5) is 0.0794. The van der Waals surface area contributed by atoms with Crippen molar-refractivity contribution in [2.45, 2.75) is 17.7 Å². The fraction of sp³-hybridized carbons (Fsp3) is 0.200. The van der Waals surface area contributed by atoms with Crippen LogP contribution in [0.1, 0.15) is 12.0 Å². The van der Waals surface area contributed by atoms with Gasteiger partial charge in [-0.1, -0.05) is 30.3 Å². The van der Waals surface area contributed by atoms with Crippen molar-refractivity contribution in [1.29, 1.82) is 0 Å². The summed E-state index contributed by atoms with van der Waals surface area (Å²) in [7, 11) is 1.57. The van der Waals surface area contributed by atoms with E-state index in [1.807, 2.05) is 18.2 Å². The quantitative estimate of drug-likeness (QED) is 0.604. The fourth-order valence-electron chi connectivity index (χ4n) is 1.81. The number of benzene rings is 2. The maximum atomic E-state index is 11.1. The van der Waals surface area contributed by atoms with E-state index in [0.29, 0.717) is 12.4 Å². The summed E-state index contributed by atoms with van der Waals surface area (Å²) in [6.07, 6.45) is 1.86. The largest absolute Gasteiger partial charge is 0.494 e. The first kappa shape index (κ1) is 14.9. The molecule has 0 aromatic heterocycles. The van der Waals surface area contributed by atoms with Crippen LogP contribution in [0.2, 0.25) is 0 Å². The normalized spacial score (nSPS) is 11.2. The predicted molar refractivity (Wildman–Crippen MR) is 79.7 cm³/mol. The number of aryl methyl sites for hydroxylation is 1. The summed E-state index contributed by atoms with van der Waals surface area (Å²) in [6, 6.07) is 16.3. The summed E-state index contributed by atoms with van der Waals surface area (Å²) < 4.78 is 27.7. The summed E-state index contributed by atoms with van der Waals surface area (Å²) in [5, 5.41) is 0. The van der Waals surface area contributed by atoms with E-state index in [4.69, 9.17) is 15.4 Å². The maximum absolute atomic E-state index is 11.1. The summed E-state index contributed by atoms with van der Waals surface area (Å²) in [5.41, 5.74) is 1.28. The van der Waals surface area contributed by atoms with E-state index in [0.717, 1.165) is 12.8 Å². The molecular weight excluding hydrogens is 296 g/mol. The van der Waals surface area contributed by atoms with Gasteiger partial charge in [0, 0.05) is 10.7 Å².